The molecule has 0 saturated heterocycles. The van der Waals surface area contributed by atoms with Crippen LogP contribution in [0.5, 0.6) is 0 Å². The molecule has 2 aromatic carbocycles. The lowest BCUT2D eigenvalue weighted by atomic mass is 10.0. The van der Waals surface area contributed by atoms with Gasteiger partial charge in [0.25, 0.3) is 0 Å². The summed E-state index contributed by atoms with van der Waals surface area (Å²) in [6.45, 7) is 3.74. The van der Waals surface area contributed by atoms with E-state index >= 15 is 0 Å². The van der Waals surface area contributed by atoms with Crippen molar-refractivity contribution in [1.29, 1.82) is 0 Å². The first-order valence-electron chi connectivity index (χ1n) is 5.56. The van der Waals surface area contributed by atoms with Crippen molar-refractivity contribution in [1.82, 2.24) is 0 Å². The SMILES string of the molecule is C=CCc1cc(-c2ccc(N)cc2)ccc1N. The number of nitrogen functional groups attached to an aromatic ring is 2. The van der Waals surface area contributed by atoms with Crippen LogP contribution in [-0.4, -0.2) is 0 Å². The molecule has 0 radical (unpaired) electrons. The first kappa shape index (κ1) is 11.3. The normalized spacial score (nSPS) is 10.1. The molecule has 0 atom stereocenters. The number of hydrogen-bond acceptors (Lipinski definition) is 2. The van der Waals surface area contributed by atoms with Crippen molar-refractivity contribution < 1.29 is 0 Å². The number of benzene rings is 2. The molecule has 0 aliphatic rings. The maximum Gasteiger partial charge on any atom is 0.0350 e. The van der Waals surface area contributed by atoms with Gasteiger partial charge in [-0.05, 0) is 47.4 Å². The van der Waals surface area contributed by atoms with Gasteiger partial charge in [0.1, 0.15) is 0 Å². The first-order chi connectivity index (χ1) is 8.20. The van der Waals surface area contributed by atoms with Gasteiger partial charge in [0, 0.05) is 11.4 Å². The Hall–Kier alpha value is -2.22. The topological polar surface area (TPSA) is 52.0 Å². The zero-order valence-electron chi connectivity index (χ0n) is 9.69. The number of nitrogens with two attached hydrogens (primary N) is 2. The smallest absolute Gasteiger partial charge is 0.0350 e. The molecule has 0 spiro atoms. The van der Waals surface area contributed by atoms with Crippen LogP contribution in [-0.2, 0) is 6.42 Å². The molecular weight excluding hydrogens is 208 g/mol. The Labute approximate surface area is 102 Å². The third-order valence-corrected chi connectivity index (χ3v) is 2.75. The second kappa shape index (κ2) is 4.74. The highest BCUT2D eigenvalue weighted by Crippen LogP contribution is 2.25. The Morgan fingerprint density at radius 3 is 2.24 bits per heavy atom. The Morgan fingerprint density at radius 1 is 0.941 bits per heavy atom. The van der Waals surface area contributed by atoms with Gasteiger partial charge in [-0.25, -0.2) is 0 Å². The fourth-order valence-corrected chi connectivity index (χ4v) is 1.79. The van der Waals surface area contributed by atoms with Crippen molar-refractivity contribution >= 4 is 11.4 Å². The van der Waals surface area contributed by atoms with E-state index in [2.05, 4.69) is 12.6 Å². The quantitative estimate of drug-likeness (QED) is 0.621. The van der Waals surface area contributed by atoms with E-state index in [1.807, 2.05) is 42.5 Å². The zero-order chi connectivity index (χ0) is 12.3. The molecule has 86 valence electrons. The van der Waals surface area contributed by atoms with Gasteiger partial charge in [0.05, 0.1) is 0 Å². The molecule has 0 aromatic heterocycles. The average Bonchev–Trinajstić information content (AvgIpc) is 2.33. The van der Waals surface area contributed by atoms with Crippen molar-refractivity contribution in [3.8, 4) is 11.1 Å². The van der Waals surface area contributed by atoms with Gasteiger partial charge >= 0.3 is 0 Å². The summed E-state index contributed by atoms with van der Waals surface area (Å²) in [6.07, 6.45) is 2.65. The summed E-state index contributed by atoms with van der Waals surface area (Å²) in [4.78, 5) is 0. The Morgan fingerprint density at radius 2 is 1.59 bits per heavy atom. The summed E-state index contributed by atoms with van der Waals surface area (Å²) in [6, 6.07) is 13.9. The Bertz CT molecular complexity index is 527. The van der Waals surface area contributed by atoms with Crippen LogP contribution in [0.4, 0.5) is 11.4 Å². The van der Waals surface area contributed by atoms with E-state index in [0.717, 1.165) is 34.5 Å². The average molecular weight is 224 g/mol. The summed E-state index contributed by atoms with van der Waals surface area (Å²) >= 11 is 0. The molecule has 0 unspecified atom stereocenters. The lowest BCUT2D eigenvalue weighted by molar-refractivity contribution is 1.28. The summed E-state index contributed by atoms with van der Waals surface area (Å²) in [5.41, 5.74) is 16.6. The van der Waals surface area contributed by atoms with Crippen LogP contribution in [0.25, 0.3) is 11.1 Å². The van der Waals surface area contributed by atoms with E-state index in [1.54, 1.807) is 0 Å². The number of hydrogen-bond donors (Lipinski definition) is 2. The minimum atomic E-state index is 0.774. The van der Waals surface area contributed by atoms with Crippen LogP contribution < -0.4 is 11.5 Å². The van der Waals surface area contributed by atoms with E-state index < -0.39 is 0 Å². The number of rotatable bonds is 3. The monoisotopic (exact) mass is 224 g/mol. The van der Waals surface area contributed by atoms with Crippen LogP contribution in [0.2, 0.25) is 0 Å². The van der Waals surface area contributed by atoms with Gasteiger partial charge in [0.15, 0.2) is 0 Å². The molecule has 4 N–H and O–H groups in total. The second-order valence-electron chi connectivity index (χ2n) is 4.03. The van der Waals surface area contributed by atoms with Gasteiger partial charge in [-0.3, -0.25) is 0 Å². The molecule has 0 heterocycles. The largest absolute Gasteiger partial charge is 0.399 e. The fraction of sp³-hybridized carbons (Fsp3) is 0.0667. The molecule has 2 nitrogen and oxygen atoms in total. The van der Waals surface area contributed by atoms with Crippen LogP contribution in [0.1, 0.15) is 5.56 Å². The predicted octanol–water partition coefficient (Wildman–Crippen LogP) is 3.25. The lowest BCUT2D eigenvalue weighted by Gasteiger charge is -2.07. The molecular formula is C15H16N2. The van der Waals surface area contributed by atoms with Crippen molar-refractivity contribution in [2.45, 2.75) is 6.42 Å². The van der Waals surface area contributed by atoms with Crippen LogP contribution in [0.3, 0.4) is 0 Å². The summed E-state index contributed by atoms with van der Waals surface area (Å²) in [5, 5.41) is 0. The minimum absolute atomic E-state index is 0.774. The predicted molar refractivity (Wildman–Crippen MR) is 74.6 cm³/mol. The van der Waals surface area contributed by atoms with E-state index in [0.29, 0.717) is 0 Å². The van der Waals surface area contributed by atoms with Gasteiger partial charge in [0.2, 0.25) is 0 Å². The zero-order valence-corrected chi connectivity index (χ0v) is 9.69. The molecule has 0 saturated carbocycles. The van der Waals surface area contributed by atoms with Crippen molar-refractivity contribution in [2.24, 2.45) is 0 Å². The first-order valence-corrected chi connectivity index (χ1v) is 5.56. The summed E-state index contributed by atoms with van der Waals surface area (Å²) in [5.74, 6) is 0. The standard InChI is InChI=1S/C15H16N2/c1-2-3-13-10-12(6-9-15(13)17)11-4-7-14(16)8-5-11/h2,4-10H,1,3,16-17H2. The van der Waals surface area contributed by atoms with E-state index in [9.17, 15) is 0 Å². The Kier molecular flexibility index (Phi) is 3.15. The molecule has 0 fully saturated rings. The molecule has 0 aliphatic carbocycles. The van der Waals surface area contributed by atoms with Gasteiger partial charge in [-0.1, -0.05) is 24.3 Å². The highest BCUT2D eigenvalue weighted by Gasteiger charge is 2.02. The maximum absolute atomic E-state index is 5.91. The van der Waals surface area contributed by atoms with E-state index in [4.69, 9.17) is 11.5 Å². The third-order valence-electron chi connectivity index (χ3n) is 2.75. The fourth-order valence-electron chi connectivity index (χ4n) is 1.79. The van der Waals surface area contributed by atoms with Crippen molar-refractivity contribution in [3.05, 3.63) is 60.7 Å². The van der Waals surface area contributed by atoms with Crippen molar-refractivity contribution in [3.63, 3.8) is 0 Å². The van der Waals surface area contributed by atoms with Gasteiger partial charge in [-0.2, -0.15) is 0 Å². The van der Waals surface area contributed by atoms with Gasteiger partial charge < -0.3 is 11.5 Å². The maximum atomic E-state index is 5.91. The van der Waals surface area contributed by atoms with Gasteiger partial charge in [-0.15, -0.1) is 6.58 Å². The summed E-state index contributed by atoms with van der Waals surface area (Å²) in [7, 11) is 0. The minimum Gasteiger partial charge on any atom is -0.399 e. The molecule has 0 aliphatic heterocycles. The molecule has 17 heavy (non-hydrogen) atoms. The molecule has 2 aromatic rings. The lowest BCUT2D eigenvalue weighted by Crippen LogP contribution is -1.93. The number of allylic oxidation sites excluding steroid dienone is 1. The molecule has 2 rings (SSSR count). The molecule has 2 heteroatoms. The second-order valence-corrected chi connectivity index (χ2v) is 4.03. The Balaban J connectivity index is 2.42. The number of anilines is 2. The molecule has 0 amide bonds. The highest BCUT2D eigenvalue weighted by molar-refractivity contribution is 5.69. The third kappa shape index (κ3) is 2.48. The highest BCUT2D eigenvalue weighted by atomic mass is 14.6. The van der Waals surface area contributed by atoms with E-state index in [-0.39, 0.29) is 0 Å². The van der Waals surface area contributed by atoms with Crippen LogP contribution in [0, 0.1) is 0 Å². The summed E-state index contributed by atoms with van der Waals surface area (Å²) < 4.78 is 0. The van der Waals surface area contributed by atoms with Crippen LogP contribution in [0.15, 0.2) is 55.1 Å². The molecule has 0 bridgehead atoms. The van der Waals surface area contributed by atoms with Crippen molar-refractivity contribution in [2.75, 3.05) is 11.5 Å². The van der Waals surface area contributed by atoms with Crippen LogP contribution >= 0.6 is 0 Å². The van der Waals surface area contributed by atoms with E-state index in [1.165, 1.54) is 0 Å².